The average Bonchev–Trinajstić information content (AvgIpc) is 2.46. The van der Waals surface area contributed by atoms with Crippen molar-refractivity contribution in [1.82, 2.24) is 10.2 Å². The van der Waals surface area contributed by atoms with Crippen LogP contribution in [0.25, 0.3) is 0 Å². The largest absolute Gasteiger partial charge is 0.315 e. The normalized spacial score (nSPS) is 18.7. The molecule has 1 N–H and O–H groups in total. The number of hydrogen-bond donors (Lipinski definition) is 1. The van der Waals surface area contributed by atoms with Gasteiger partial charge in [0, 0.05) is 19.6 Å². The molecule has 0 aliphatic carbocycles. The Hall–Kier alpha value is -0.860. The van der Waals surface area contributed by atoms with Crippen LogP contribution in [0.4, 0.5) is 0 Å². The predicted molar refractivity (Wildman–Crippen MR) is 63.9 cm³/mol. The quantitative estimate of drug-likeness (QED) is 0.790. The minimum Gasteiger partial charge on any atom is -0.315 e. The second-order valence-corrected chi connectivity index (χ2v) is 4.37. The fourth-order valence-corrected chi connectivity index (χ4v) is 2.13. The van der Waals surface area contributed by atoms with Crippen molar-refractivity contribution in [2.24, 2.45) is 0 Å². The van der Waals surface area contributed by atoms with E-state index in [0.29, 0.717) is 0 Å². The molecular weight excluding hydrogens is 184 g/mol. The zero-order valence-corrected chi connectivity index (χ0v) is 9.50. The number of rotatable bonds is 2. The van der Waals surface area contributed by atoms with Crippen LogP contribution in [0.3, 0.4) is 0 Å². The highest BCUT2D eigenvalue weighted by atomic mass is 15.1. The first-order valence-corrected chi connectivity index (χ1v) is 5.83. The van der Waals surface area contributed by atoms with Crippen LogP contribution in [-0.4, -0.2) is 31.1 Å². The van der Waals surface area contributed by atoms with Crippen LogP contribution in [0.2, 0.25) is 0 Å². The van der Waals surface area contributed by atoms with E-state index >= 15 is 0 Å². The van der Waals surface area contributed by atoms with E-state index in [9.17, 15) is 0 Å². The van der Waals surface area contributed by atoms with E-state index in [-0.39, 0.29) is 0 Å². The van der Waals surface area contributed by atoms with Gasteiger partial charge in [0.15, 0.2) is 0 Å². The zero-order valence-electron chi connectivity index (χ0n) is 9.50. The lowest BCUT2D eigenvalue weighted by Crippen LogP contribution is -2.27. The molecule has 1 saturated heterocycles. The highest BCUT2D eigenvalue weighted by molar-refractivity contribution is 5.22. The Balaban J connectivity index is 1.95. The summed E-state index contributed by atoms with van der Waals surface area (Å²) in [6.07, 6.45) is 1.27. The molecule has 1 aromatic rings. The van der Waals surface area contributed by atoms with Crippen molar-refractivity contribution in [1.29, 1.82) is 0 Å². The van der Waals surface area contributed by atoms with Crippen molar-refractivity contribution in [2.45, 2.75) is 19.9 Å². The molecule has 1 aliphatic rings. The molecule has 2 rings (SSSR count). The third-order valence-electron chi connectivity index (χ3n) is 2.92. The number of hydrogen-bond acceptors (Lipinski definition) is 2. The lowest BCUT2D eigenvalue weighted by atomic mass is 10.1. The highest BCUT2D eigenvalue weighted by Gasteiger charge is 2.08. The monoisotopic (exact) mass is 204 g/mol. The lowest BCUT2D eigenvalue weighted by Gasteiger charge is -2.19. The Morgan fingerprint density at radius 2 is 2.20 bits per heavy atom. The third-order valence-corrected chi connectivity index (χ3v) is 2.92. The summed E-state index contributed by atoms with van der Waals surface area (Å²) in [4.78, 5) is 2.54. The lowest BCUT2D eigenvalue weighted by molar-refractivity contribution is 0.284. The average molecular weight is 204 g/mol. The van der Waals surface area contributed by atoms with Crippen molar-refractivity contribution in [2.75, 3.05) is 26.2 Å². The predicted octanol–water partition coefficient (Wildman–Crippen LogP) is 1.79. The number of nitrogens with zero attached hydrogens (tertiary/aromatic N) is 1. The van der Waals surface area contributed by atoms with E-state index in [1.807, 2.05) is 0 Å². The van der Waals surface area contributed by atoms with Gasteiger partial charge in [-0.25, -0.2) is 0 Å². The molecule has 2 nitrogen and oxygen atoms in total. The van der Waals surface area contributed by atoms with Gasteiger partial charge in [0.25, 0.3) is 0 Å². The number of aryl methyl sites for hydroxylation is 1. The summed E-state index contributed by atoms with van der Waals surface area (Å²) in [6, 6.07) is 8.83. The van der Waals surface area contributed by atoms with Gasteiger partial charge < -0.3 is 5.32 Å². The molecule has 0 atom stereocenters. The standard InChI is InChI=1S/C13H20N2/c1-12-4-2-5-13(10-12)11-15-8-3-6-14-7-9-15/h2,4-5,10,14H,3,6-9,11H2,1H3. The molecule has 0 radical (unpaired) electrons. The molecule has 82 valence electrons. The van der Waals surface area contributed by atoms with Gasteiger partial charge >= 0.3 is 0 Å². The van der Waals surface area contributed by atoms with Crippen LogP contribution in [-0.2, 0) is 6.54 Å². The first kappa shape index (κ1) is 10.7. The van der Waals surface area contributed by atoms with E-state index in [4.69, 9.17) is 0 Å². The summed E-state index contributed by atoms with van der Waals surface area (Å²) >= 11 is 0. The van der Waals surface area contributed by atoms with E-state index in [0.717, 1.165) is 13.1 Å². The maximum atomic E-state index is 3.43. The summed E-state index contributed by atoms with van der Waals surface area (Å²) in [7, 11) is 0. The van der Waals surface area contributed by atoms with Crippen LogP contribution >= 0.6 is 0 Å². The van der Waals surface area contributed by atoms with E-state index < -0.39 is 0 Å². The van der Waals surface area contributed by atoms with Gasteiger partial charge in [0.05, 0.1) is 0 Å². The maximum absolute atomic E-state index is 3.43. The first-order chi connectivity index (χ1) is 7.34. The molecule has 0 saturated carbocycles. The molecule has 0 bridgehead atoms. The van der Waals surface area contributed by atoms with E-state index in [1.54, 1.807) is 0 Å². The molecule has 1 aliphatic heterocycles. The van der Waals surface area contributed by atoms with Gasteiger partial charge in [-0.1, -0.05) is 29.8 Å². The molecule has 1 heterocycles. The smallest absolute Gasteiger partial charge is 0.0234 e. The molecule has 0 amide bonds. The summed E-state index contributed by atoms with van der Waals surface area (Å²) < 4.78 is 0. The summed E-state index contributed by atoms with van der Waals surface area (Å²) in [5.74, 6) is 0. The number of nitrogens with one attached hydrogen (secondary N) is 1. The van der Waals surface area contributed by atoms with Crippen molar-refractivity contribution < 1.29 is 0 Å². The third kappa shape index (κ3) is 3.33. The van der Waals surface area contributed by atoms with Gasteiger partial charge in [-0.2, -0.15) is 0 Å². The van der Waals surface area contributed by atoms with E-state index in [2.05, 4.69) is 41.4 Å². The zero-order chi connectivity index (χ0) is 10.5. The molecule has 1 aromatic carbocycles. The second-order valence-electron chi connectivity index (χ2n) is 4.37. The topological polar surface area (TPSA) is 15.3 Å². The summed E-state index contributed by atoms with van der Waals surface area (Å²) in [5, 5.41) is 3.43. The number of benzene rings is 1. The van der Waals surface area contributed by atoms with Gasteiger partial charge in [-0.15, -0.1) is 0 Å². The molecule has 0 unspecified atom stereocenters. The molecule has 0 spiro atoms. The molecular formula is C13H20N2. The van der Waals surface area contributed by atoms with Crippen molar-refractivity contribution >= 4 is 0 Å². The van der Waals surface area contributed by atoms with Crippen LogP contribution < -0.4 is 5.32 Å². The Kier molecular flexibility index (Phi) is 3.75. The Labute approximate surface area is 92.3 Å². The molecule has 2 heteroatoms. The minimum atomic E-state index is 1.10. The van der Waals surface area contributed by atoms with Crippen LogP contribution in [0.5, 0.6) is 0 Å². The maximum Gasteiger partial charge on any atom is 0.0234 e. The fraction of sp³-hybridized carbons (Fsp3) is 0.538. The van der Waals surface area contributed by atoms with Gasteiger partial charge in [0.2, 0.25) is 0 Å². The first-order valence-electron chi connectivity index (χ1n) is 5.83. The van der Waals surface area contributed by atoms with Gasteiger partial charge in [-0.3, -0.25) is 4.90 Å². The molecule has 1 fully saturated rings. The highest BCUT2D eigenvalue weighted by Crippen LogP contribution is 2.08. The molecule has 15 heavy (non-hydrogen) atoms. The van der Waals surface area contributed by atoms with E-state index in [1.165, 1.54) is 37.2 Å². The van der Waals surface area contributed by atoms with Gasteiger partial charge in [-0.05, 0) is 32.0 Å². The van der Waals surface area contributed by atoms with Crippen molar-refractivity contribution in [3.63, 3.8) is 0 Å². The Morgan fingerprint density at radius 1 is 1.27 bits per heavy atom. The van der Waals surface area contributed by atoms with Crippen LogP contribution in [0.1, 0.15) is 17.5 Å². The molecule has 0 aromatic heterocycles. The Bertz CT molecular complexity index is 301. The van der Waals surface area contributed by atoms with Crippen molar-refractivity contribution in [3.05, 3.63) is 35.4 Å². The van der Waals surface area contributed by atoms with Crippen LogP contribution in [0.15, 0.2) is 24.3 Å². The summed E-state index contributed by atoms with van der Waals surface area (Å²) in [5.41, 5.74) is 2.80. The SMILES string of the molecule is Cc1cccc(CN2CCCNCC2)c1. The second kappa shape index (κ2) is 5.29. The minimum absolute atomic E-state index is 1.10. The fourth-order valence-electron chi connectivity index (χ4n) is 2.13. The van der Waals surface area contributed by atoms with Crippen molar-refractivity contribution in [3.8, 4) is 0 Å². The Morgan fingerprint density at radius 3 is 3.07 bits per heavy atom. The van der Waals surface area contributed by atoms with Gasteiger partial charge in [0.1, 0.15) is 0 Å². The summed E-state index contributed by atoms with van der Waals surface area (Å²) in [6.45, 7) is 7.96. The van der Waals surface area contributed by atoms with Crippen LogP contribution in [0, 0.1) is 6.92 Å².